The van der Waals surface area contributed by atoms with E-state index in [1.165, 1.54) is 5.56 Å². The van der Waals surface area contributed by atoms with Crippen molar-refractivity contribution in [2.24, 2.45) is 0 Å². The Morgan fingerprint density at radius 1 is 1.13 bits per heavy atom. The van der Waals surface area contributed by atoms with E-state index in [4.69, 9.17) is 22.2 Å². The van der Waals surface area contributed by atoms with E-state index in [1.807, 2.05) is 55.5 Å². The summed E-state index contributed by atoms with van der Waals surface area (Å²) in [4.78, 5) is 0. The van der Waals surface area contributed by atoms with E-state index >= 15 is 0 Å². The Bertz CT molecular complexity index is 675. The third-order valence-electron chi connectivity index (χ3n) is 3.17. The fraction of sp³-hybridized carbons (Fsp3) is 0.222. The van der Waals surface area contributed by atoms with Crippen LogP contribution in [0.3, 0.4) is 0 Å². The molecule has 0 spiro atoms. The molecule has 0 radical (unpaired) electrons. The lowest BCUT2D eigenvalue weighted by atomic mass is 10.1. The molecule has 4 nitrogen and oxygen atoms in total. The maximum absolute atomic E-state index is 8.64. The van der Waals surface area contributed by atoms with Gasteiger partial charge in [0.15, 0.2) is 5.11 Å². The van der Waals surface area contributed by atoms with Crippen molar-refractivity contribution in [3.05, 3.63) is 59.7 Å². The summed E-state index contributed by atoms with van der Waals surface area (Å²) in [6.45, 7) is 3.19. The van der Waals surface area contributed by atoms with Gasteiger partial charge in [-0.1, -0.05) is 29.8 Å². The molecule has 0 amide bonds. The lowest BCUT2D eigenvalue weighted by Crippen LogP contribution is -2.31. The second kappa shape index (κ2) is 8.76. The molecule has 2 aromatic carbocycles. The zero-order chi connectivity index (χ0) is 16.5. The van der Waals surface area contributed by atoms with E-state index in [1.54, 1.807) is 0 Å². The summed E-state index contributed by atoms with van der Waals surface area (Å²) < 4.78 is 5.62. The normalized spacial score (nSPS) is 9.74. The Kier molecular flexibility index (Phi) is 6.40. The summed E-state index contributed by atoms with van der Waals surface area (Å²) in [6.07, 6.45) is 0.416. The number of nitrogens with zero attached hydrogens (tertiary/aromatic N) is 1. The highest BCUT2D eigenvalue weighted by molar-refractivity contribution is 7.80. The van der Waals surface area contributed by atoms with Crippen molar-refractivity contribution in [2.75, 3.05) is 18.5 Å². The lowest BCUT2D eigenvalue weighted by molar-refractivity contribution is 0.322. The van der Waals surface area contributed by atoms with Crippen molar-refractivity contribution in [3.8, 4) is 11.8 Å². The van der Waals surface area contributed by atoms with Crippen LogP contribution in [-0.4, -0.2) is 18.3 Å². The van der Waals surface area contributed by atoms with Gasteiger partial charge in [-0.25, -0.2) is 0 Å². The molecule has 0 aliphatic rings. The van der Waals surface area contributed by atoms with Gasteiger partial charge in [-0.05, 0) is 49.0 Å². The predicted octanol–water partition coefficient (Wildman–Crippen LogP) is 3.43. The van der Waals surface area contributed by atoms with Gasteiger partial charge in [-0.15, -0.1) is 0 Å². The molecule has 0 unspecified atom stereocenters. The molecule has 0 saturated heterocycles. The van der Waals surface area contributed by atoms with Crippen LogP contribution in [0.2, 0.25) is 0 Å². The first-order valence-electron chi connectivity index (χ1n) is 7.37. The molecular weight excluding hydrogens is 306 g/mol. The van der Waals surface area contributed by atoms with E-state index in [0.29, 0.717) is 24.7 Å². The number of anilines is 1. The first-order valence-corrected chi connectivity index (χ1v) is 7.78. The monoisotopic (exact) mass is 325 g/mol. The number of rotatable bonds is 6. The second-order valence-corrected chi connectivity index (χ2v) is 5.48. The third kappa shape index (κ3) is 5.97. The molecular formula is C18H19N3OS. The van der Waals surface area contributed by atoms with Crippen molar-refractivity contribution in [1.29, 1.82) is 5.26 Å². The first kappa shape index (κ1) is 16.8. The van der Waals surface area contributed by atoms with Crippen LogP contribution in [0.15, 0.2) is 48.5 Å². The zero-order valence-corrected chi connectivity index (χ0v) is 13.8. The minimum Gasteiger partial charge on any atom is -0.492 e. The molecule has 118 valence electrons. The Labute approximate surface area is 142 Å². The highest BCUT2D eigenvalue weighted by Gasteiger charge is 1.99. The molecule has 2 N–H and O–H groups in total. The fourth-order valence-corrected chi connectivity index (χ4v) is 2.16. The summed E-state index contributed by atoms with van der Waals surface area (Å²) in [5, 5.41) is 15.4. The van der Waals surface area contributed by atoms with Crippen molar-refractivity contribution in [2.45, 2.75) is 13.3 Å². The molecule has 0 fully saturated rings. The molecule has 0 heterocycles. The highest BCUT2D eigenvalue weighted by atomic mass is 32.1. The van der Waals surface area contributed by atoms with Crippen LogP contribution < -0.4 is 15.4 Å². The van der Waals surface area contributed by atoms with Crippen LogP contribution in [0, 0.1) is 18.3 Å². The maximum atomic E-state index is 8.64. The van der Waals surface area contributed by atoms with Gasteiger partial charge >= 0.3 is 0 Å². The summed E-state index contributed by atoms with van der Waals surface area (Å²) in [6, 6.07) is 17.7. The number of ether oxygens (including phenoxy) is 1. The smallest absolute Gasteiger partial charge is 0.170 e. The van der Waals surface area contributed by atoms with Crippen molar-refractivity contribution in [1.82, 2.24) is 5.32 Å². The molecule has 2 aromatic rings. The molecule has 0 saturated carbocycles. The standard InChI is InChI=1S/C18H19N3OS/c1-14-2-8-17(9-3-14)22-13-12-20-18(23)21-16-6-4-15(5-7-16)10-11-19/h2-9H,10,12-13H2,1H3,(H2,20,21,23). The average molecular weight is 325 g/mol. The van der Waals surface area contributed by atoms with Crippen LogP contribution in [-0.2, 0) is 6.42 Å². The number of thiocarbonyl (C=S) groups is 1. The van der Waals surface area contributed by atoms with Gasteiger partial charge in [0, 0.05) is 5.69 Å². The zero-order valence-electron chi connectivity index (χ0n) is 13.0. The Hall–Kier alpha value is -2.58. The molecule has 0 aliphatic carbocycles. The molecule has 0 aromatic heterocycles. The molecule has 0 bridgehead atoms. The van der Waals surface area contributed by atoms with E-state index in [0.717, 1.165) is 17.0 Å². The predicted molar refractivity (Wildman–Crippen MR) is 96.7 cm³/mol. The van der Waals surface area contributed by atoms with Gasteiger partial charge < -0.3 is 15.4 Å². The Morgan fingerprint density at radius 2 is 1.83 bits per heavy atom. The molecule has 2 rings (SSSR count). The summed E-state index contributed by atoms with van der Waals surface area (Å²) in [5.41, 5.74) is 3.09. The number of nitrogens with one attached hydrogen (secondary N) is 2. The highest BCUT2D eigenvalue weighted by Crippen LogP contribution is 2.11. The first-order chi connectivity index (χ1) is 11.2. The lowest BCUT2D eigenvalue weighted by Gasteiger charge is -2.11. The van der Waals surface area contributed by atoms with Gasteiger partial charge in [0.25, 0.3) is 0 Å². The van der Waals surface area contributed by atoms with E-state index in [9.17, 15) is 0 Å². The number of benzene rings is 2. The Balaban J connectivity index is 1.68. The largest absolute Gasteiger partial charge is 0.492 e. The number of nitriles is 1. The summed E-state index contributed by atoms with van der Waals surface area (Å²) in [7, 11) is 0. The maximum Gasteiger partial charge on any atom is 0.170 e. The van der Waals surface area contributed by atoms with Gasteiger partial charge in [0.05, 0.1) is 19.0 Å². The van der Waals surface area contributed by atoms with Crippen LogP contribution in [0.25, 0.3) is 0 Å². The SMILES string of the molecule is Cc1ccc(OCCNC(=S)Nc2ccc(CC#N)cc2)cc1. The molecule has 0 atom stereocenters. The topological polar surface area (TPSA) is 57.1 Å². The quantitative estimate of drug-likeness (QED) is 0.629. The number of aryl methyl sites for hydroxylation is 1. The van der Waals surface area contributed by atoms with Gasteiger partial charge in [-0.2, -0.15) is 5.26 Å². The fourth-order valence-electron chi connectivity index (χ4n) is 1.94. The van der Waals surface area contributed by atoms with Crippen molar-refractivity contribution >= 4 is 23.0 Å². The van der Waals surface area contributed by atoms with Gasteiger partial charge in [-0.3, -0.25) is 0 Å². The van der Waals surface area contributed by atoms with E-state index < -0.39 is 0 Å². The van der Waals surface area contributed by atoms with Crippen molar-refractivity contribution < 1.29 is 4.74 Å². The number of hydrogen-bond donors (Lipinski definition) is 2. The third-order valence-corrected chi connectivity index (χ3v) is 3.42. The molecule has 0 aliphatic heterocycles. The summed E-state index contributed by atoms with van der Waals surface area (Å²) >= 11 is 5.24. The molecule has 5 heteroatoms. The minimum absolute atomic E-state index is 0.416. The van der Waals surface area contributed by atoms with Crippen LogP contribution >= 0.6 is 12.2 Å². The van der Waals surface area contributed by atoms with Crippen molar-refractivity contribution in [3.63, 3.8) is 0 Å². The Morgan fingerprint density at radius 3 is 2.48 bits per heavy atom. The summed E-state index contributed by atoms with van der Waals surface area (Å²) in [5.74, 6) is 0.851. The van der Waals surface area contributed by atoms with Gasteiger partial charge in [0.2, 0.25) is 0 Å². The van der Waals surface area contributed by atoms with Crippen LogP contribution in [0.4, 0.5) is 5.69 Å². The van der Waals surface area contributed by atoms with E-state index in [-0.39, 0.29) is 0 Å². The van der Waals surface area contributed by atoms with E-state index in [2.05, 4.69) is 16.7 Å². The van der Waals surface area contributed by atoms with Crippen LogP contribution in [0.5, 0.6) is 5.75 Å². The van der Waals surface area contributed by atoms with Gasteiger partial charge in [0.1, 0.15) is 12.4 Å². The molecule has 23 heavy (non-hydrogen) atoms. The van der Waals surface area contributed by atoms with Crippen LogP contribution in [0.1, 0.15) is 11.1 Å². The average Bonchev–Trinajstić information content (AvgIpc) is 2.55. The number of hydrogen-bond acceptors (Lipinski definition) is 3. The second-order valence-electron chi connectivity index (χ2n) is 5.07. The minimum atomic E-state index is 0.416.